The third-order valence-corrected chi connectivity index (χ3v) is 4.93. The van der Waals surface area contributed by atoms with Gasteiger partial charge in [0.05, 0.1) is 12.1 Å². The standard InChI is InChI=1S/C20H20N2O2/c1-11-7-8-16-15(9-11)12(2)18(21-16)20(24)22-19-14-6-4-3-5-13(14)10-17(19)23/h3-9,17,19,21,23H,10H2,1-2H3,(H,22,24). The van der Waals surface area contributed by atoms with E-state index in [-0.39, 0.29) is 11.9 Å². The van der Waals surface area contributed by atoms with Crippen LogP contribution < -0.4 is 5.32 Å². The number of carbonyl (C=O) groups excluding carboxylic acids is 1. The van der Waals surface area contributed by atoms with E-state index < -0.39 is 6.10 Å². The number of carbonyl (C=O) groups is 1. The normalized spacial score (nSPS) is 19.5. The van der Waals surface area contributed by atoms with Crippen molar-refractivity contribution in [2.24, 2.45) is 0 Å². The molecular weight excluding hydrogens is 300 g/mol. The van der Waals surface area contributed by atoms with Crippen molar-refractivity contribution < 1.29 is 9.90 Å². The number of aromatic amines is 1. The highest BCUT2D eigenvalue weighted by molar-refractivity contribution is 6.01. The maximum Gasteiger partial charge on any atom is 0.268 e. The van der Waals surface area contributed by atoms with Crippen molar-refractivity contribution in [3.8, 4) is 0 Å². The van der Waals surface area contributed by atoms with Gasteiger partial charge >= 0.3 is 0 Å². The third kappa shape index (κ3) is 2.31. The molecule has 2 atom stereocenters. The predicted molar refractivity (Wildman–Crippen MR) is 94.1 cm³/mol. The quantitative estimate of drug-likeness (QED) is 0.679. The van der Waals surface area contributed by atoms with Gasteiger partial charge in [0, 0.05) is 17.3 Å². The predicted octanol–water partition coefficient (Wildman–Crippen LogP) is 3.17. The van der Waals surface area contributed by atoms with E-state index >= 15 is 0 Å². The average molecular weight is 320 g/mol. The molecule has 3 N–H and O–H groups in total. The van der Waals surface area contributed by atoms with Crippen LogP contribution in [0.25, 0.3) is 10.9 Å². The van der Waals surface area contributed by atoms with E-state index in [1.54, 1.807) is 0 Å². The molecule has 0 bridgehead atoms. The first-order valence-corrected chi connectivity index (χ1v) is 8.20. The summed E-state index contributed by atoms with van der Waals surface area (Å²) >= 11 is 0. The van der Waals surface area contributed by atoms with Crippen molar-refractivity contribution in [3.05, 3.63) is 70.4 Å². The van der Waals surface area contributed by atoms with Crippen LogP contribution in [-0.4, -0.2) is 22.1 Å². The molecule has 0 spiro atoms. The Kier molecular flexibility index (Phi) is 3.43. The van der Waals surface area contributed by atoms with Gasteiger partial charge in [-0.05, 0) is 42.7 Å². The molecule has 1 aliphatic carbocycles. The number of H-pyrrole nitrogens is 1. The minimum absolute atomic E-state index is 0.179. The molecule has 122 valence electrons. The fourth-order valence-corrected chi connectivity index (χ4v) is 3.63. The monoisotopic (exact) mass is 320 g/mol. The lowest BCUT2D eigenvalue weighted by Crippen LogP contribution is -2.34. The molecule has 3 aromatic rings. The zero-order valence-electron chi connectivity index (χ0n) is 13.8. The minimum Gasteiger partial charge on any atom is -0.390 e. The van der Waals surface area contributed by atoms with Crippen molar-refractivity contribution in [3.63, 3.8) is 0 Å². The SMILES string of the molecule is Cc1ccc2[nH]c(C(=O)NC3c4ccccc4CC3O)c(C)c2c1. The van der Waals surface area contributed by atoms with Crippen LogP contribution in [0.15, 0.2) is 42.5 Å². The molecule has 24 heavy (non-hydrogen) atoms. The van der Waals surface area contributed by atoms with E-state index in [0.717, 1.165) is 33.2 Å². The van der Waals surface area contributed by atoms with Crippen LogP contribution in [0.3, 0.4) is 0 Å². The van der Waals surface area contributed by atoms with Crippen molar-refractivity contribution >= 4 is 16.8 Å². The summed E-state index contributed by atoms with van der Waals surface area (Å²) in [6.07, 6.45) is -0.00953. The maximum absolute atomic E-state index is 12.8. The lowest BCUT2D eigenvalue weighted by Gasteiger charge is -2.17. The van der Waals surface area contributed by atoms with Crippen molar-refractivity contribution in [2.75, 3.05) is 0 Å². The topological polar surface area (TPSA) is 65.1 Å². The molecule has 1 aliphatic rings. The fraction of sp³-hybridized carbons (Fsp3) is 0.250. The molecule has 4 rings (SSSR count). The summed E-state index contributed by atoms with van der Waals surface area (Å²) < 4.78 is 0. The van der Waals surface area contributed by atoms with Crippen LogP contribution in [0.2, 0.25) is 0 Å². The van der Waals surface area contributed by atoms with Crippen LogP contribution in [0.1, 0.15) is 38.8 Å². The van der Waals surface area contributed by atoms with Crippen LogP contribution in [0, 0.1) is 13.8 Å². The molecule has 0 aliphatic heterocycles. The Bertz CT molecular complexity index is 942. The molecule has 4 heteroatoms. The summed E-state index contributed by atoms with van der Waals surface area (Å²) in [4.78, 5) is 16.0. The summed E-state index contributed by atoms with van der Waals surface area (Å²) in [5, 5.41) is 14.4. The minimum atomic E-state index is -0.585. The molecule has 0 fully saturated rings. The number of aryl methyl sites for hydroxylation is 2. The van der Waals surface area contributed by atoms with Crippen molar-refractivity contribution in [1.82, 2.24) is 10.3 Å². The molecule has 1 amide bonds. The molecule has 0 radical (unpaired) electrons. The Morgan fingerprint density at radius 3 is 2.83 bits per heavy atom. The number of aliphatic hydroxyl groups is 1. The number of nitrogens with one attached hydrogen (secondary N) is 2. The maximum atomic E-state index is 12.8. The Morgan fingerprint density at radius 1 is 1.21 bits per heavy atom. The second kappa shape index (κ2) is 5.49. The van der Waals surface area contributed by atoms with Crippen molar-refractivity contribution in [1.29, 1.82) is 0 Å². The smallest absolute Gasteiger partial charge is 0.268 e. The molecule has 0 saturated carbocycles. The number of aromatic nitrogens is 1. The summed E-state index contributed by atoms with van der Waals surface area (Å²) in [5.74, 6) is -0.179. The lowest BCUT2D eigenvalue weighted by atomic mass is 10.1. The zero-order chi connectivity index (χ0) is 16.8. The number of rotatable bonds is 2. The first-order valence-electron chi connectivity index (χ1n) is 8.20. The second-order valence-corrected chi connectivity index (χ2v) is 6.60. The first kappa shape index (κ1) is 15.0. The van der Waals surface area contributed by atoms with Gasteiger partial charge in [-0.3, -0.25) is 4.79 Å². The second-order valence-electron chi connectivity index (χ2n) is 6.60. The van der Waals surface area contributed by atoms with Gasteiger partial charge in [0.15, 0.2) is 0 Å². The van der Waals surface area contributed by atoms with E-state index in [2.05, 4.69) is 16.4 Å². The Morgan fingerprint density at radius 2 is 2.00 bits per heavy atom. The third-order valence-electron chi connectivity index (χ3n) is 4.93. The summed E-state index contributed by atoms with van der Waals surface area (Å²) in [7, 11) is 0. The van der Waals surface area contributed by atoms with E-state index in [0.29, 0.717) is 12.1 Å². The van der Waals surface area contributed by atoms with Gasteiger partial charge in [-0.15, -0.1) is 0 Å². The van der Waals surface area contributed by atoms with Crippen LogP contribution >= 0.6 is 0 Å². The van der Waals surface area contributed by atoms with Crippen LogP contribution in [0.4, 0.5) is 0 Å². The largest absolute Gasteiger partial charge is 0.390 e. The fourth-order valence-electron chi connectivity index (χ4n) is 3.63. The molecular formula is C20H20N2O2. The van der Waals surface area contributed by atoms with Crippen molar-refractivity contribution in [2.45, 2.75) is 32.4 Å². The summed E-state index contributed by atoms with van der Waals surface area (Å²) in [6.45, 7) is 3.99. The Labute approximate surface area is 140 Å². The molecule has 0 saturated heterocycles. The van der Waals surface area contributed by atoms with E-state index in [4.69, 9.17) is 0 Å². The lowest BCUT2D eigenvalue weighted by molar-refractivity contribution is 0.0853. The van der Waals surface area contributed by atoms with Gasteiger partial charge in [-0.2, -0.15) is 0 Å². The highest BCUT2D eigenvalue weighted by atomic mass is 16.3. The zero-order valence-corrected chi connectivity index (χ0v) is 13.8. The van der Waals surface area contributed by atoms with Crippen LogP contribution in [-0.2, 0) is 6.42 Å². The summed E-state index contributed by atoms with van der Waals surface area (Å²) in [5.41, 5.74) is 5.72. The molecule has 2 unspecified atom stereocenters. The highest BCUT2D eigenvalue weighted by Gasteiger charge is 2.32. The number of aliphatic hydroxyl groups excluding tert-OH is 1. The van der Waals surface area contributed by atoms with Gasteiger partial charge in [-0.25, -0.2) is 0 Å². The number of hydrogen-bond acceptors (Lipinski definition) is 2. The first-order chi connectivity index (χ1) is 11.5. The van der Waals surface area contributed by atoms with E-state index in [1.165, 1.54) is 0 Å². The summed E-state index contributed by atoms with van der Waals surface area (Å²) in [6, 6.07) is 13.6. The van der Waals surface area contributed by atoms with E-state index in [9.17, 15) is 9.90 Å². The van der Waals surface area contributed by atoms with Crippen LogP contribution in [0.5, 0.6) is 0 Å². The Hall–Kier alpha value is -2.59. The van der Waals surface area contributed by atoms with E-state index in [1.807, 2.05) is 50.2 Å². The highest BCUT2D eigenvalue weighted by Crippen LogP contribution is 2.32. The van der Waals surface area contributed by atoms with Gasteiger partial charge in [-0.1, -0.05) is 35.9 Å². The number of fused-ring (bicyclic) bond motifs is 2. The van der Waals surface area contributed by atoms with Gasteiger partial charge in [0.2, 0.25) is 0 Å². The number of amides is 1. The van der Waals surface area contributed by atoms with Gasteiger partial charge in [0.25, 0.3) is 5.91 Å². The van der Waals surface area contributed by atoms with Gasteiger partial charge in [0.1, 0.15) is 5.69 Å². The number of hydrogen-bond donors (Lipinski definition) is 3. The average Bonchev–Trinajstić information content (AvgIpc) is 3.06. The molecule has 2 aromatic carbocycles. The molecule has 1 aromatic heterocycles. The molecule has 4 nitrogen and oxygen atoms in total. The Balaban J connectivity index is 1.67. The van der Waals surface area contributed by atoms with Gasteiger partial charge < -0.3 is 15.4 Å². The molecule has 1 heterocycles. The number of benzene rings is 2.